The summed E-state index contributed by atoms with van der Waals surface area (Å²) >= 11 is 0. The second-order valence-electron chi connectivity index (χ2n) is 4.81. The van der Waals surface area contributed by atoms with E-state index < -0.39 is 0 Å². The topological polar surface area (TPSA) is 76.2 Å². The summed E-state index contributed by atoms with van der Waals surface area (Å²) < 4.78 is 1.67. The number of likely N-dealkylation sites (N-methyl/N-ethyl adjacent to an activating group) is 1. The molecule has 1 rings (SSSR count). The van der Waals surface area contributed by atoms with Crippen molar-refractivity contribution < 1.29 is 4.92 Å². The zero-order valence-electron chi connectivity index (χ0n) is 11.6. The number of nitrogens with one attached hydrogen (secondary N) is 1. The number of rotatable bonds is 6. The molecule has 102 valence electrons. The first-order chi connectivity index (χ1) is 8.34. The standard InChI is InChI=1S/C11H21N5O2/c1-8(2)15-11(12-6-7-14(4)5)10(16(17)18)9(3)13-15/h8,12H,6-7H2,1-5H3. The Bertz CT molecular complexity index is 425. The van der Waals surface area contributed by atoms with Gasteiger partial charge in [-0.15, -0.1) is 0 Å². The predicted molar refractivity (Wildman–Crippen MR) is 71.0 cm³/mol. The van der Waals surface area contributed by atoms with E-state index >= 15 is 0 Å². The van der Waals surface area contributed by atoms with Crippen molar-refractivity contribution in [1.82, 2.24) is 14.7 Å². The highest BCUT2D eigenvalue weighted by molar-refractivity contribution is 5.59. The molecule has 0 amide bonds. The molecule has 0 aromatic carbocycles. The summed E-state index contributed by atoms with van der Waals surface area (Å²) in [5.41, 5.74) is 0.517. The van der Waals surface area contributed by atoms with Crippen molar-refractivity contribution in [2.45, 2.75) is 26.8 Å². The lowest BCUT2D eigenvalue weighted by Crippen LogP contribution is -2.22. The summed E-state index contributed by atoms with van der Waals surface area (Å²) in [6, 6.07) is 0.0826. The van der Waals surface area contributed by atoms with Crippen molar-refractivity contribution in [2.75, 3.05) is 32.5 Å². The molecule has 0 saturated heterocycles. The van der Waals surface area contributed by atoms with Crippen LogP contribution in [0.3, 0.4) is 0 Å². The summed E-state index contributed by atoms with van der Waals surface area (Å²) in [6.07, 6.45) is 0. The average molecular weight is 255 g/mol. The Kier molecular flexibility index (Phi) is 4.66. The van der Waals surface area contributed by atoms with E-state index in [1.807, 2.05) is 32.8 Å². The summed E-state index contributed by atoms with van der Waals surface area (Å²) in [7, 11) is 3.92. The van der Waals surface area contributed by atoms with Gasteiger partial charge in [-0.2, -0.15) is 5.10 Å². The van der Waals surface area contributed by atoms with Gasteiger partial charge in [0, 0.05) is 19.1 Å². The van der Waals surface area contributed by atoms with E-state index in [2.05, 4.69) is 10.4 Å². The van der Waals surface area contributed by atoms with Crippen molar-refractivity contribution in [3.63, 3.8) is 0 Å². The molecule has 1 aromatic heterocycles. The smallest absolute Gasteiger partial charge is 0.333 e. The minimum Gasteiger partial charge on any atom is -0.363 e. The van der Waals surface area contributed by atoms with Crippen LogP contribution in [0.25, 0.3) is 0 Å². The third-order valence-electron chi connectivity index (χ3n) is 2.58. The summed E-state index contributed by atoms with van der Waals surface area (Å²) in [5.74, 6) is 0.495. The summed E-state index contributed by atoms with van der Waals surface area (Å²) in [5, 5.41) is 18.4. The van der Waals surface area contributed by atoms with Crippen LogP contribution in [0, 0.1) is 17.0 Å². The molecule has 1 heterocycles. The number of hydrogen-bond acceptors (Lipinski definition) is 5. The van der Waals surface area contributed by atoms with Crippen LogP contribution in [0.1, 0.15) is 25.6 Å². The Hall–Kier alpha value is -1.63. The molecular weight excluding hydrogens is 234 g/mol. The normalized spacial score (nSPS) is 11.3. The second-order valence-corrected chi connectivity index (χ2v) is 4.81. The van der Waals surface area contributed by atoms with E-state index in [1.165, 1.54) is 0 Å². The van der Waals surface area contributed by atoms with E-state index in [4.69, 9.17) is 0 Å². The third kappa shape index (κ3) is 3.19. The van der Waals surface area contributed by atoms with Crippen molar-refractivity contribution >= 4 is 11.5 Å². The van der Waals surface area contributed by atoms with E-state index in [0.717, 1.165) is 6.54 Å². The van der Waals surface area contributed by atoms with E-state index in [-0.39, 0.29) is 16.7 Å². The van der Waals surface area contributed by atoms with Gasteiger partial charge in [0.15, 0.2) is 0 Å². The van der Waals surface area contributed by atoms with Gasteiger partial charge in [-0.1, -0.05) is 0 Å². The molecule has 0 aliphatic heterocycles. The first kappa shape index (κ1) is 14.4. The molecule has 0 radical (unpaired) electrons. The molecule has 0 saturated carbocycles. The number of anilines is 1. The maximum atomic E-state index is 11.1. The van der Waals surface area contributed by atoms with Crippen LogP contribution in [-0.2, 0) is 0 Å². The lowest BCUT2D eigenvalue weighted by Gasteiger charge is -2.14. The quantitative estimate of drug-likeness (QED) is 0.618. The zero-order chi connectivity index (χ0) is 13.9. The van der Waals surface area contributed by atoms with Crippen LogP contribution < -0.4 is 5.32 Å². The van der Waals surface area contributed by atoms with Gasteiger partial charge < -0.3 is 10.2 Å². The van der Waals surface area contributed by atoms with E-state index in [0.29, 0.717) is 18.1 Å². The Labute approximate surface area is 107 Å². The molecule has 7 heteroatoms. The lowest BCUT2D eigenvalue weighted by molar-refractivity contribution is -0.384. The SMILES string of the molecule is Cc1nn(C(C)C)c(NCCN(C)C)c1[N+](=O)[O-]. The fraction of sp³-hybridized carbons (Fsp3) is 0.727. The van der Waals surface area contributed by atoms with Crippen molar-refractivity contribution in [1.29, 1.82) is 0 Å². The first-order valence-corrected chi connectivity index (χ1v) is 5.96. The Morgan fingerprint density at radius 1 is 1.50 bits per heavy atom. The fourth-order valence-electron chi connectivity index (χ4n) is 1.69. The van der Waals surface area contributed by atoms with Gasteiger partial charge >= 0.3 is 5.69 Å². The summed E-state index contributed by atoms with van der Waals surface area (Å²) in [6.45, 7) is 7.01. The van der Waals surface area contributed by atoms with Crippen LogP contribution in [0.4, 0.5) is 11.5 Å². The number of nitrogens with zero attached hydrogens (tertiary/aromatic N) is 4. The second kappa shape index (κ2) is 5.81. The summed E-state index contributed by atoms with van der Waals surface area (Å²) in [4.78, 5) is 12.7. The molecule has 0 aliphatic rings. The van der Waals surface area contributed by atoms with Crippen molar-refractivity contribution in [3.8, 4) is 0 Å². The van der Waals surface area contributed by atoms with E-state index in [9.17, 15) is 10.1 Å². The van der Waals surface area contributed by atoms with E-state index in [1.54, 1.807) is 11.6 Å². The van der Waals surface area contributed by atoms with Crippen LogP contribution in [0.5, 0.6) is 0 Å². The predicted octanol–water partition coefficient (Wildman–Crippen LogP) is 1.65. The minimum absolute atomic E-state index is 0.0717. The molecule has 0 aliphatic carbocycles. The van der Waals surface area contributed by atoms with Gasteiger partial charge in [0.25, 0.3) is 0 Å². The van der Waals surface area contributed by atoms with Crippen molar-refractivity contribution in [3.05, 3.63) is 15.8 Å². The molecule has 0 fully saturated rings. The van der Waals surface area contributed by atoms with Crippen LogP contribution in [0.15, 0.2) is 0 Å². The highest BCUT2D eigenvalue weighted by atomic mass is 16.6. The molecule has 1 N–H and O–H groups in total. The van der Waals surface area contributed by atoms with Gasteiger partial charge in [0.2, 0.25) is 5.82 Å². The van der Waals surface area contributed by atoms with Gasteiger partial charge in [-0.05, 0) is 34.9 Å². The third-order valence-corrected chi connectivity index (χ3v) is 2.58. The molecule has 1 aromatic rings. The number of hydrogen-bond donors (Lipinski definition) is 1. The number of aryl methyl sites for hydroxylation is 1. The maximum absolute atomic E-state index is 11.1. The minimum atomic E-state index is -0.376. The average Bonchev–Trinajstić information content (AvgIpc) is 2.55. The Morgan fingerprint density at radius 3 is 2.56 bits per heavy atom. The van der Waals surface area contributed by atoms with Crippen LogP contribution >= 0.6 is 0 Å². The lowest BCUT2D eigenvalue weighted by atomic mass is 10.3. The monoisotopic (exact) mass is 255 g/mol. The van der Waals surface area contributed by atoms with Gasteiger partial charge in [-0.3, -0.25) is 10.1 Å². The number of nitro groups is 1. The molecule has 0 spiro atoms. The molecule has 0 unspecified atom stereocenters. The van der Waals surface area contributed by atoms with Crippen molar-refractivity contribution in [2.24, 2.45) is 0 Å². The Morgan fingerprint density at radius 2 is 2.11 bits per heavy atom. The van der Waals surface area contributed by atoms with Gasteiger partial charge in [0.05, 0.1) is 4.92 Å². The molecule has 18 heavy (non-hydrogen) atoms. The first-order valence-electron chi connectivity index (χ1n) is 5.96. The molecule has 7 nitrogen and oxygen atoms in total. The highest BCUT2D eigenvalue weighted by Gasteiger charge is 2.26. The fourth-order valence-corrected chi connectivity index (χ4v) is 1.69. The maximum Gasteiger partial charge on any atom is 0.333 e. The number of aromatic nitrogens is 2. The Balaban J connectivity index is 3.01. The van der Waals surface area contributed by atoms with Crippen LogP contribution in [0.2, 0.25) is 0 Å². The van der Waals surface area contributed by atoms with Gasteiger partial charge in [-0.25, -0.2) is 4.68 Å². The molecular formula is C11H21N5O2. The molecule has 0 bridgehead atoms. The largest absolute Gasteiger partial charge is 0.363 e. The van der Waals surface area contributed by atoms with Gasteiger partial charge in [0.1, 0.15) is 5.69 Å². The molecule has 0 atom stereocenters. The zero-order valence-corrected chi connectivity index (χ0v) is 11.6. The highest BCUT2D eigenvalue weighted by Crippen LogP contribution is 2.30. The van der Waals surface area contributed by atoms with Crippen LogP contribution in [-0.4, -0.2) is 46.8 Å².